The Morgan fingerprint density at radius 1 is 1.28 bits per heavy atom. The Morgan fingerprint density at radius 2 is 2.00 bits per heavy atom. The molecule has 1 aliphatic rings. The smallest absolute Gasteiger partial charge is 0.245 e. The number of aromatic nitrogens is 2. The van der Waals surface area contributed by atoms with E-state index in [1.54, 1.807) is 0 Å². The molecule has 1 saturated heterocycles. The number of hydrogen-bond donors (Lipinski definition) is 0. The maximum atomic E-state index is 13.9. The van der Waals surface area contributed by atoms with Crippen LogP contribution in [0.1, 0.15) is 32.0 Å². The number of sulfonamides is 1. The first-order valence-corrected chi connectivity index (χ1v) is 9.86. The van der Waals surface area contributed by atoms with Gasteiger partial charge in [0, 0.05) is 25.9 Å². The van der Waals surface area contributed by atoms with E-state index in [1.165, 1.54) is 22.5 Å². The molecule has 136 valence electrons. The van der Waals surface area contributed by atoms with Gasteiger partial charge in [-0.05, 0) is 30.4 Å². The van der Waals surface area contributed by atoms with Gasteiger partial charge in [-0.25, -0.2) is 12.8 Å². The molecule has 1 aromatic carbocycles. The predicted octanol–water partition coefficient (Wildman–Crippen LogP) is 2.66. The summed E-state index contributed by atoms with van der Waals surface area (Å²) in [5, 5.41) is 8.07. The first kappa shape index (κ1) is 18.0. The Labute approximate surface area is 147 Å². The first-order valence-electron chi connectivity index (χ1n) is 8.42. The van der Waals surface area contributed by atoms with Crippen molar-refractivity contribution >= 4 is 10.0 Å². The maximum Gasteiger partial charge on any atom is 0.245 e. The average molecular weight is 367 g/mol. The second-order valence-corrected chi connectivity index (χ2v) is 8.75. The van der Waals surface area contributed by atoms with Crippen LogP contribution in [-0.4, -0.2) is 36.0 Å². The molecule has 3 rings (SSSR count). The molecular weight excluding hydrogens is 345 g/mol. The van der Waals surface area contributed by atoms with Crippen LogP contribution in [0.5, 0.6) is 0 Å². The molecule has 1 fully saturated rings. The van der Waals surface area contributed by atoms with Crippen LogP contribution in [0.4, 0.5) is 4.39 Å². The normalized spacial score (nSPS) is 19.0. The maximum absolute atomic E-state index is 13.9. The van der Waals surface area contributed by atoms with Gasteiger partial charge in [0.05, 0.1) is 0 Å². The molecule has 0 N–H and O–H groups in total. The van der Waals surface area contributed by atoms with Crippen LogP contribution in [0.2, 0.25) is 0 Å². The topological polar surface area (TPSA) is 76.3 Å². The van der Waals surface area contributed by atoms with E-state index in [2.05, 4.69) is 24.0 Å². The third kappa shape index (κ3) is 4.07. The van der Waals surface area contributed by atoms with Gasteiger partial charge in [-0.1, -0.05) is 26.0 Å². The van der Waals surface area contributed by atoms with Crippen molar-refractivity contribution in [3.05, 3.63) is 41.9 Å². The minimum Gasteiger partial charge on any atom is -0.425 e. The first-order chi connectivity index (χ1) is 11.9. The summed E-state index contributed by atoms with van der Waals surface area (Å²) >= 11 is 0. The Morgan fingerprint density at radius 3 is 2.72 bits per heavy atom. The van der Waals surface area contributed by atoms with Crippen molar-refractivity contribution in [2.45, 2.75) is 38.0 Å². The highest BCUT2D eigenvalue weighted by atomic mass is 32.2. The molecule has 1 atom stereocenters. The number of benzene rings is 1. The molecule has 1 unspecified atom stereocenters. The Hall–Kier alpha value is -1.80. The summed E-state index contributed by atoms with van der Waals surface area (Å²) in [6.45, 7) is 4.85. The van der Waals surface area contributed by atoms with Gasteiger partial charge in [-0.15, -0.1) is 10.2 Å². The minimum atomic E-state index is -3.81. The van der Waals surface area contributed by atoms with Crippen LogP contribution in [0.3, 0.4) is 0 Å². The molecule has 0 radical (unpaired) electrons. The Kier molecular flexibility index (Phi) is 5.19. The lowest BCUT2D eigenvalue weighted by atomic mass is 10.1. The van der Waals surface area contributed by atoms with Crippen molar-refractivity contribution in [1.82, 2.24) is 14.5 Å². The fourth-order valence-electron chi connectivity index (χ4n) is 3.02. The molecule has 25 heavy (non-hydrogen) atoms. The lowest BCUT2D eigenvalue weighted by Crippen LogP contribution is -2.29. The van der Waals surface area contributed by atoms with Crippen LogP contribution in [0.15, 0.2) is 33.6 Å². The largest absolute Gasteiger partial charge is 0.425 e. The van der Waals surface area contributed by atoms with Gasteiger partial charge < -0.3 is 4.42 Å². The highest BCUT2D eigenvalue weighted by molar-refractivity contribution is 7.89. The molecule has 0 spiro atoms. The molecule has 1 aromatic heterocycles. The van der Waals surface area contributed by atoms with Crippen molar-refractivity contribution in [2.24, 2.45) is 11.8 Å². The van der Waals surface area contributed by atoms with E-state index >= 15 is 0 Å². The van der Waals surface area contributed by atoms with Gasteiger partial charge in [0.15, 0.2) is 0 Å². The van der Waals surface area contributed by atoms with Crippen molar-refractivity contribution in [2.75, 3.05) is 13.1 Å². The van der Waals surface area contributed by atoms with E-state index in [4.69, 9.17) is 4.42 Å². The fraction of sp³-hybridized carbons (Fsp3) is 0.529. The standard InChI is InChI=1S/C17H22FN3O3S/c1-12(2)9-16-19-20-17(24-16)10-13-7-8-21(11-13)25(22,23)15-6-4-3-5-14(15)18/h3-6,12-13H,7-11H2,1-2H3. The second-order valence-electron chi connectivity index (χ2n) is 6.84. The van der Waals surface area contributed by atoms with Gasteiger partial charge in [0.25, 0.3) is 0 Å². The zero-order valence-corrected chi connectivity index (χ0v) is 15.2. The van der Waals surface area contributed by atoms with Gasteiger partial charge in [-0.2, -0.15) is 4.31 Å². The SMILES string of the molecule is CC(C)Cc1nnc(CC2CCN(S(=O)(=O)c3ccccc3F)C2)o1. The Bertz CT molecular complexity index is 835. The van der Waals surface area contributed by atoms with Gasteiger partial charge >= 0.3 is 0 Å². The van der Waals surface area contributed by atoms with Crippen LogP contribution in [-0.2, 0) is 22.9 Å². The quantitative estimate of drug-likeness (QED) is 0.784. The minimum absolute atomic E-state index is 0.0916. The molecule has 2 aromatic rings. The zero-order valence-electron chi connectivity index (χ0n) is 14.4. The van der Waals surface area contributed by atoms with Crippen LogP contribution in [0, 0.1) is 17.7 Å². The second kappa shape index (κ2) is 7.21. The monoisotopic (exact) mass is 367 g/mol. The van der Waals surface area contributed by atoms with Gasteiger partial charge in [0.2, 0.25) is 21.8 Å². The van der Waals surface area contributed by atoms with Crippen molar-refractivity contribution in [3.8, 4) is 0 Å². The van der Waals surface area contributed by atoms with E-state index in [9.17, 15) is 12.8 Å². The van der Waals surface area contributed by atoms with E-state index in [1.807, 2.05) is 0 Å². The summed E-state index contributed by atoms with van der Waals surface area (Å²) in [7, 11) is -3.81. The van der Waals surface area contributed by atoms with Gasteiger partial charge in [0.1, 0.15) is 10.7 Å². The number of nitrogens with zero attached hydrogens (tertiary/aromatic N) is 3. The van der Waals surface area contributed by atoms with Crippen LogP contribution < -0.4 is 0 Å². The van der Waals surface area contributed by atoms with Crippen molar-refractivity contribution in [1.29, 1.82) is 0 Å². The van der Waals surface area contributed by atoms with E-state index in [0.29, 0.717) is 43.6 Å². The summed E-state index contributed by atoms with van der Waals surface area (Å²) in [6, 6.07) is 5.47. The van der Waals surface area contributed by atoms with E-state index < -0.39 is 15.8 Å². The zero-order chi connectivity index (χ0) is 18.0. The molecule has 0 amide bonds. The number of halogens is 1. The molecule has 8 heteroatoms. The molecule has 0 bridgehead atoms. The van der Waals surface area contributed by atoms with Gasteiger partial charge in [-0.3, -0.25) is 0 Å². The summed E-state index contributed by atoms with van der Waals surface area (Å²) < 4.78 is 46.0. The molecule has 1 aliphatic heterocycles. The highest BCUT2D eigenvalue weighted by Gasteiger charge is 2.34. The molecule has 0 saturated carbocycles. The summed E-state index contributed by atoms with van der Waals surface area (Å²) in [5.74, 6) is 0.945. The molecule has 6 nitrogen and oxygen atoms in total. The van der Waals surface area contributed by atoms with Crippen molar-refractivity contribution < 1.29 is 17.2 Å². The summed E-state index contributed by atoms with van der Waals surface area (Å²) in [6.07, 6.45) is 1.95. The molecular formula is C17H22FN3O3S. The number of rotatable bonds is 6. The summed E-state index contributed by atoms with van der Waals surface area (Å²) in [4.78, 5) is -0.271. The highest BCUT2D eigenvalue weighted by Crippen LogP contribution is 2.27. The Balaban J connectivity index is 1.65. The van der Waals surface area contributed by atoms with Crippen molar-refractivity contribution in [3.63, 3.8) is 0 Å². The van der Waals surface area contributed by atoms with Crippen LogP contribution in [0.25, 0.3) is 0 Å². The lowest BCUT2D eigenvalue weighted by molar-refractivity contribution is 0.391. The molecule has 2 heterocycles. The fourth-order valence-corrected chi connectivity index (χ4v) is 4.62. The number of hydrogen-bond acceptors (Lipinski definition) is 5. The third-order valence-electron chi connectivity index (χ3n) is 4.26. The average Bonchev–Trinajstić information content (AvgIpc) is 3.17. The predicted molar refractivity (Wildman–Crippen MR) is 89.8 cm³/mol. The third-order valence-corrected chi connectivity index (χ3v) is 6.16. The van der Waals surface area contributed by atoms with E-state index in [-0.39, 0.29) is 10.8 Å². The molecule has 0 aliphatic carbocycles. The van der Waals surface area contributed by atoms with Crippen LogP contribution >= 0.6 is 0 Å². The lowest BCUT2D eigenvalue weighted by Gasteiger charge is -2.16. The van der Waals surface area contributed by atoms with E-state index in [0.717, 1.165) is 12.5 Å². The summed E-state index contributed by atoms with van der Waals surface area (Å²) in [5.41, 5.74) is 0.